The van der Waals surface area contributed by atoms with E-state index in [-0.39, 0.29) is 12.0 Å². The lowest BCUT2D eigenvalue weighted by Crippen LogP contribution is -2.56. The second kappa shape index (κ2) is 4.99. The van der Waals surface area contributed by atoms with Crippen molar-refractivity contribution >= 4 is 5.91 Å². The molecule has 1 amide bonds. The van der Waals surface area contributed by atoms with Gasteiger partial charge in [0.25, 0.3) is 0 Å². The number of carbonyl (C=O) groups excluding carboxylic acids is 1. The van der Waals surface area contributed by atoms with Crippen LogP contribution in [0.4, 0.5) is 0 Å². The van der Waals surface area contributed by atoms with Gasteiger partial charge in [-0.3, -0.25) is 9.69 Å². The summed E-state index contributed by atoms with van der Waals surface area (Å²) in [5.41, 5.74) is 6.32. The number of amides is 1. The van der Waals surface area contributed by atoms with E-state index in [2.05, 4.69) is 9.80 Å². The summed E-state index contributed by atoms with van der Waals surface area (Å²) < 4.78 is 0. The van der Waals surface area contributed by atoms with E-state index < -0.39 is 0 Å². The highest BCUT2D eigenvalue weighted by atomic mass is 16.2. The van der Waals surface area contributed by atoms with Gasteiger partial charge in [0.2, 0.25) is 5.91 Å². The van der Waals surface area contributed by atoms with E-state index in [9.17, 15) is 4.79 Å². The summed E-state index contributed by atoms with van der Waals surface area (Å²) in [5.74, 6) is 1.74. The summed E-state index contributed by atoms with van der Waals surface area (Å²) in [6.07, 6.45) is 7.82. The Morgan fingerprint density at radius 1 is 0.950 bits per heavy atom. The molecule has 2 bridgehead atoms. The smallest absolute Gasteiger partial charge is 0.227 e. The molecule has 1 aliphatic heterocycles. The van der Waals surface area contributed by atoms with Crippen molar-refractivity contribution in [1.82, 2.24) is 9.80 Å². The van der Waals surface area contributed by atoms with E-state index in [0.717, 1.165) is 32.2 Å². The van der Waals surface area contributed by atoms with Gasteiger partial charge in [-0.2, -0.15) is 0 Å². The fourth-order valence-corrected chi connectivity index (χ4v) is 4.97. The van der Waals surface area contributed by atoms with Gasteiger partial charge in [-0.05, 0) is 43.9 Å². The highest BCUT2D eigenvalue weighted by Gasteiger charge is 2.50. The molecule has 0 aromatic heterocycles. The van der Waals surface area contributed by atoms with Crippen molar-refractivity contribution < 1.29 is 4.79 Å². The summed E-state index contributed by atoms with van der Waals surface area (Å²) in [6.45, 7) is 4.00. The lowest BCUT2D eigenvalue weighted by Gasteiger charge is -2.44. The molecule has 3 aliphatic carbocycles. The zero-order valence-corrected chi connectivity index (χ0v) is 12.3. The predicted octanol–water partition coefficient (Wildman–Crippen LogP) is 1.06. The number of piperazine rings is 1. The fourth-order valence-electron chi connectivity index (χ4n) is 4.97. The van der Waals surface area contributed by atoms with Gasteiger partial charge in [0, 0.05) is 38.3 Å². The average Bonchev–Trinajstić information content (AvgIpc) is 2.97. The van der Waals surface area contributed by atoms with Gasteiger partial charge >= 0.3 is 0 Å². The van der Waals surface area contributed by atoms with Crippen LogP contribution in [-0.2, 0) is 4.79 Å². The van der Waals surface area contributed by atoms with Crippen LogP contribution >= 0.6 is 0 Å². The first-order chi connectivity index (χ1) is 9.74. The van der Waals surface area contributed by atoms with Crippen molar-refractivity contribution in [3.8, 4) is 0 Å². The van der Waals surface area contributed by atoms with Crippen molar-refractivity contribution in [2.75, 3.05) is 26.2 Å². The van der Waals surface area contributed by atoms with E-state index in [1.54, 1.807) is 0 Å². The van der Waals surface area contributed by atoms with Crippen LogP contribution in [0.5, 0.6) is 0 Å². The summed E-state index contributed by atoms with van der Waals surface area (Å²) >= 11 is 0. The van der Waals surface area contributed by atoms with Crippen molar-refractivity contribution in [3.63, 3.8) is 0 Å². The molecule has 0 aromatic carbocycles. The average molecular weight is 277 g/mol. The molecular weight excluding hydrogens is 250 g/mol. The van der Waals surface area contributed by atoms with Crippen LogP contribution in [0.25, 0.3) is 0 Å². The van der Waals surface area contributed by atoms with Gasteiger partial charge < -0.3 is 10.6 Å². The van der Waals surface area contributed by atoms with Gasteiger partial charge in [-0.25, -0.2) is 0 Å². The molecule has 1 saturated heterocycles. The Kier molecular flexibility index (Phi) is 3.26. The molecule has 4 heteroatoms. The van der Waals surface area contributed by atoms with Crippen LogP contribution < -0.4 is 5.73 Å². The lowest BCUT2D eigenvalue weighted by atomic mass is 9.84. The van der Waals surface area contributed by atoms with Crippen LogP contribution in [-0.4, -0.2) is 54.0 Å². The van der Waals surface area contributed by atoms with Gasteiger partial charge in [0.15, 0.2) is 0 Å². The molecule has 2 N–H and O–H groups in total. The molecule has 1 heterocycles. The highest BCUT2D eigenvalue weighted by molar-refractivity contribution is 5.80. The molecule has 4 rings (SSSR count). The number of nitrogens with zero attached hydrogens (tertiary/aromatic N) is 2. The van der Waals surface area contributed by atoms with Crippen molar-refractivity contribution in [3.05, 3.63) is 0 Å². The second-order valence-electron chi connectivity index (χ2n) is 7.38. The molecule has 0 aromatic rings. The van der Waals surface area contributed by atoms with Gasteiger partial charge in [-0.1, -0.05) is 6.42 Å². The molecule has 3 saturated carbocycles. The van der Waals surface area contributed by atoms with Crippen molar-refractivity contribution in [2.45, 2.75) is 50.6 Å². The summed E-state index contributed by atoms with van der Waals surface area (Å²) in [6, 6.07) is 0.961. The number of nitrogens with two attached hydrogens (primary N) is 1. The standard InChI is InChI=1S/C16H27N3O/c17-15-12-5-4-11(10-12)14(15)16(20)19-8-6-18(7-9-19)13-2-1-3-13/h11-15H,1-10,17H2. The monoisotopic (exact) mass is 277 g/mol. The molecule has 4 atom stereocenters. The Morgan fingerprint density at radius 2 is 1.65 bits per heavy atom. The lowest BCUT2D eigenvalue weighted by molar-refractivity contribution is -0.140. The SMILES string of the molecule is NC1C2CCC(C2)C1C(=O)N1CCN(C2CCC2)CC1. The van der Waals surface area contributed by atoms with Gasteiger partial charge in [0.05, 0.1) is 5.92 Å². The molecule has 20 heavy (non-hydrogen) atoms. The Hall–Kier alpha value is -0.610. The first kappa shape index (κ1) is 13.1. The molecule has 4 nitrogen and oxygen atoms in total. The minimum absolute atomic E-state index is 0.143. The van der Waals surface area contributed by atoms with Crippen LogP contribution in [0, 0.1) is 17.8 Å². The third-order valence-electron chi connectivity index (χ3n) is 6.48. The van der Waals surface area contributed by atoms with E-state index in [1.165, 1.54) is 38.5 Å². The summed E-state index contributed by atoms with van der Waals surface area (Å²) in [7, 11) is 0. The maximum atomic E-state index is 12.8. The first-order valence-corrected chi connectivity index (χ1v) is 8.52. The van der Waals surface area contributed by atoms with E-state index in [0.29, 0.717) is 17.7 Å². The number of carbonyl (C=O) groups is 1. The summed E-state index contributed by atoms with van der Waals surface area (Å²) in [5, 5.41) is 0. The quantitative estimate of drug-likeness (QED) is 0.821. The fraction of sp³-hybridized carbons (Fsp3) is 0.938. The van der Waals surface area contributed by atoms with Gasteiger partial charge in [0.1, 0.15) is 0 Å². The zero-order chi connectivity index (χ0) is 13.7. The van der Waals surface area contributed by atoms with Crippen molar-refractivity contribution in [2.24, 2.45) is 23.5 Å². The molecule has 0 radical (unpaired) electrons. The number of rotatable bonds is 2. The number of hydrogen-bond donors (Lipinski definition) is 1. The van der Waals surface area contributed by atoms with E-state index >= 15 is 0 Å². The maximum Gasteiger partial charge on any atom is 0.227 e. The normalized spacial score (nSPS) is 42.0. The Bertz CT molecular complexity index is 385. The minimum Gasteiger partial charge on any atom is -0.340 e. The molecular formula is C16H27N3O. The highest BCUT2D eigenvalue weighted by Crippen LogP contribution is 2.48. The third kappa shape index (κ3) is 2.00. The van der Waals surface area contributed by atoms with Gasteiger partial charge in [-0.15, -0.1) is 0 Å². The maximum absolute atomic E-state index is 12.8. The Labute approximate surface area is 121 Å². The largest absolute Gasteiger partial charge is 0.340 e. The third-order valence-corrected chi connectivity index (χ3v) is 6.48. The Balaban J connectivity index is 1.35. The van der Waals surface area contributed by atoms with Crippen molar-refractivity contribution in [1.29, 1.82) is 0 Å². The molecule has 112 valence electrons. The van der Waals surface area contributed by atoms with E-state index in [4.69, 9.17) is 5.73 Å². The second-order valence-corrected chi connectivity index (χ2v) is 7.38. The minimum atomic E-state index is 0.143. The molecule has 4 aliphatic rings. The van der Waals surface area contributed by atoms with E-state index in [1.807, 2.05) is 0 Å². The molecule has 4 unspecified atom stereocenters. The first-order valence-electron chi connectivity index (χ1n) is 8.52. The van der Waals surface area contributed by atoms with Crippen LogP contribution in [0.3, 0.4) is 0 Å². The van der Waals surface area contributed by atoms with Crippen LogP contribution in [0.2, 0.25) is 0 Å². The molecule has 4 fully saturated rings. The topological polar surface area (TPSA) is 49.6 Å². The predicted molar refractivity (Wildman–Crippen MR) is 78.1 cm³/mol. The zero-order valence-electron chi connectivity index (χ0n) is 12.3. The number of hydrogen-bond acceptors (Lipinski definition) is 3. The van der Waals surface area contributed by atoms with Crippen LogP contribution in [0.1, 0.15) is 38.5 Å². The molecule has 0 spiro atoms. The summed E-state index contributed by atoms with van der Waals surface area (Å²) in [4.78, 5) is 17.5. The Morgan fingerprint density at radius 3 is 2.20 bits per heavy atom. The number of fused-ring (bicyclic) bond motifs is 2. The van der Waals surface area contributed by atoms with Crippen LogP contribution in [0.15, 0.2) is 0 Å².